The van der Waals surface area contributed by atoms with Crippen LogP contribution in [0.4, 0.5) is 0 Å². The smallest absolute Gasteiger partial charge is 0.302 e. The lowest BCUT2D eigenvalue weighted by Crippen LogP contribution is -2.15. The summed E-state index contributed by atoms with van der Waals surface area (Å²) in [5, 5.41) is 0. The minimum atomic E-state index is -0.310. The van der Waals surface area contributed by atoms with Crippen LogP contribution in [0.15, 0.2) is 12.7 Å². The highest BCUT2D eigenvalue weighted by Crippen LogP contribution is 1.87. The summed E-state index contributed by atoms with van der Waals surface area (Å²) in [7, 11) is 0. The summed E-state index contributed by atoms with van der Waals surface area (Å²) >= 11 is 0. The van der Waals surface area contributed by atoms with Gasteiger partial charge in [-0.05, 0) is 0 Å². The molecule has 0 rings (SSSR count). The van der Waals surface area contributed by atoms with E-state index in [4.69, 9.17) is 52.1 Å². The quantitative estimate of drug-likeness (QED) is 0.0685. The van der Waals surface area contributed by atoms with Crippen LogP contribution in [0.25, 0.3) is 0 Å². The van der Waals surface area contributed by atoms with Crippen LogP contribution in [0.3, 0.4) is 0 Å². The van der Waals surface area contributed by atoms with E-state index in [9.17, 15) is 4.79 Å². The molecule has 12 nitrogen and oxygen atoms in total. The lowest BCUT2D eigenvalue weighted by molar-refractivity contribution is -0.142. The van der Waals surface area contributed by atoms with Gasteiger partial charge in [0.25, 0.3) is 0 Å². The predicted octanol–water partition coefficient (Wildman–Crippen LogP) is 0.902. The van der Waals surface area contributed by atoms with E-state index in [2.05, 4.69) is 6.58 Å². The van der Waals surface area contributed by atoms with Crippen LogP contribution in [0, 0.1) is 0 Å². The Morgan fingerprint density at radius 3 is 0.865 bits per heavy atom. The number of rotatable bonds is 32. The molecule has 0 atom stereocenters. The first kappa shape index (κ1) is 35.8. The molecule has 0 aliphatic rings. The first-order chi connectivity index (χ1) is 18.3. The molecule has 0 fully saturated rings. The van der Waals surface area contributed by atoms with Gasteiger partial charge in [-0.15, -0.1) is 6.58 Å². The minimum Gasteiger partial charge on any atom is -0.463 e. The summed E-state index contributed by atoms with van der Waals surface area (Å²) in [4.78, 5) is 10.6. The van der Waals surface area contributed by atoms with Crippen molar-refractivity contribution in [3.8, 4) is 0 Å². The van der Waals surface area contributed by atoms with Crippen LogP contribution >= 0.6 is 0 Å². The number of hydrogen-bond acceptors (Lipinski definition) is 12. The predicted molar refractivity (Wildman–Crippen MR) is 135 cm³/mol. The average molecular weight is 541 g/mol. The fourth-order valence-electron chi connectivity index (χ4n) is 2.39. The zero-order valence-electron chi connectivity index (χ0n) is 22.5. The van der Waals surface area contributed by atoms with Gasteiger partial charge in [0.1, 0.15) is 6.61 Å². The Labute approximate surface area is 221 Å². The van der Waals surface area contributed by atoms with Crippen molar-refractivity contribution >= 4 is 5.97 Å². The van der Waals surface area contributed by atoms with Crippen molar-refractivity contribution in [1.82, 2.24) is 0 Å². The highest BCUT2D eigenvalue weighted by atomic mass is 16.6. The number of hydrogen-bond donors (Lipinski definition) is 0. The second-order valence-electron chi connectivity index (χ2n) is 7.21. The molecule has 0 saturated heterocycles. The molecule has 37 heavy (non-hydrogen) atoms. The van der Waals surface area contributed by atoms with Crippen molar-refractivity contribution < 1.29 is 56.9 Å². The van der Waals surface area contributed by atoms with Crippen molar-refractivity contribution in [2.75, 3.05) is 139 Å². The van der Waals surface area contributed by atoms with Crippen molar-refractivity contribution in [1.29, 1.82) is 0 Å². The largest absolute Gasteiger partial charge is 0.463 e. The van der Waals surface area contributed by atoms with Crippen LogP contribution in [-0.4, -0.2) is 145 Å². The van der Waals surface area contributed by atoms with E-state index in [1.54, 1.807) is 6.08 Å². The van der Waals surface area contributed by atoms with E-state index in [0.717, 1.165) is 0 Å². The van der Waals surface area contributed by atoms with Crippen molar-refractivity contribution in [2.45, 2.75) is 6.92 Å². The van der Waals surface area contributed by atoms with E-state index >= 15 is 0 Å². The first-order valence-electron chi connectivity index (χ1n) is 12.8. The second kappa shape index (κ2) is 32.8. The van der Waals surface area contributed by atoms with Gasteiger partial charge in [0.2, 0.25) is 0 Å². The molecule has 0 spiro atoms. The monoisotopic (exact) mass is 540 g/mol. The maximum atomic E-state index is 10.6. The molecule has 12 heteroatoms. The summed E-state index contributed by atoms with van der Waals surface area (Å²) in [6, 6.07) is 0. The fourth-order valence-corrected chi connectivity index (χ4v) is 2.39. The number of carbonyl (C=O) groups is 1. The molecule has 0 saturated carbocycles. The van der Waals surface area contributed by atoms with E-state index < -0.39 is 0 Å². The van der Waals surface area contributed by atoms with Crippen LogP contribution in [0.5, 0.6) is 0 Å². The molecule has 0 unspecified atom stereocenters. The van der Waals surface area contributed by atoms with E-state index in [0.29, 0.717) is 132 Å². The Morgan fingerprint density at radius 2 is 0.649 bits per heavy atom. The second-order valence-corrected chi connectivity index (χ2v) is 7.21. The zero-order valence-corrected chi connectivity index (χ0v) is 22.5. The Balaban J connectivity index is 3.02. The molecular formula is C25H48O12. The van der Waals surface area contributed by atoms with Crippen molar-refractivity contribution in [3.05, 3.63) is 12.7 Å². The Hall–Kier alpha value is -1.19. The molecule has 0 amide bonds. The number of esters is 1. The minimum absolute atomic E-state index is 0.260. The topological polar surface area (TPSA) is 119 Å². The molecule has 0 aliphatic heterocycles. The van der Waals surface area contributed by atoms with Gasteiger partial charge in [0, 0.05) is 6.92 Å². The van der Waals surface area contributed by atoms with Crippen LogP contribution < -0.4 is 0 Å². The van der Waals surface area contributed by atoms with Crippen LogP contribution in [0.1, 0.15) is 6.92 Å². The molecule has 0 aliphatic carbocycles. The highest BCUT2D eigenvalue weighted by Gasteiger charge is 1.96. The van der Waals surface area contributed by atoms with E-state index in [1.165, 1.54) is 6.92 Å². The third-order valence-electron chi connectivity index (χ3n) is 4.12. The van der Waals surface area contributed by atoms with E-state index in [1.807, 2.05) is 0 Å². The van der Waals surface area contributed by atoms with Gasteiger partial charge in [-0.1, -0.05) is 6.08 Å². The third kappa shape index (κ3) is 34.8. The SMILES string of the molecule is C=CCOCCOCCOCCOCCOCCOCCOCCOCCOCCOCCOC(C)=O. The van der Waals surface area contributed by atoms with Gasteiger partial charge in [-0.2, -0.15) is 0 Å². The molecule has 220 valence electrons. The molecule has 0 aromatic carbocycles. The van der Waals surface area contributed by atoms with Crippen molar-refractivity contribution in [3.63, 3.8) is 0 Å². The lowest BCUT2D eigenvalue weighted by atomic mass is 10.6. The summed E-state index contributed by atoms with van der Waals surface area (Å²) in [5.41, 5.74) is 0. The maximum absolute atomic E-state index is 10.6. The molecule has 0 aromatic rings. The van der Waals surface area contributed by atoms with E-state index in [-0.39, 0.29) is 12.6 Å². The molecule has 0 radical (unpaired) electrons. The third-order valence-corrected chi connectivity index (χ3v) is 4.12. The highest BCUT2D eigenvalue weighted by molar-refractivity contribution is 5.65. The van der Waals surface area contributed by atoms with Gasteiger partial charge >= 0.3 is 5.97 Å². The van der Waals surface area contributed by atoms with Crippen molar-refractivity contribution in [2.24, 2.45) is 0 Å². The molecule has 0 N–H and O–H groups in total. The van der Waals surface area contributed by atoms with Crippen LogP contribution in [-0.2, 0) is 56.9 Å². The maximum Gasteiger partial charge on any atom is 0.302 e. The standard InChI is InChI=1S/C25H48O12/c1-3-4-27-5-6-28-7-8-29-9-10-30-11-12-31-13-14-32-15-16-33-17-18-34-19-20-35-21-22-36-23-24-37-25(2)26/h3H,1,4-24H2,2H3. The summed E-state index contributed by atoms with van der Waals surface area (Å²) in [6.07, 6.45) is 1.71. The molecule has 0 bridgehead atoms. The molecule has 0 heterocycles. The summed E-state index contributed by atoms with van der Waals surface area (Å²) < 4.78 is 58.5. The Kier molecular flexibility index (Phi) is 31.8. The molecular weight excluding hydrogens is 492 g/mol. The van der Waals surface area contributed by atoms with Crippen LogP contribution in [0.2, 0.25) is 0 Å². The van der Waals surface area contributed by atoms with Gasteiger partial charge in [0.15, 0.2) is 0 Å². The van der Waals surface area contributed by atoms with Gasteiger partial charge in [-0.25, -0.2) is 0 Å². The van der Waals surface area contributed by atoms with Gasteiger partial charge < -0.3 is 52.1 Å². The Morgan fingerprint density at radius 1 is 0.432 bits per heavy atom. The van der Waals surface area contributed by atoms with Gasteiger partial charge in [-0.3, -0.25) is 4.79 Å². The average Bonchev–Trinajstić information content (AvgIpc) is 2.89. The Bertz CT molecular complexity index is 467. The summed E-state index contributed by atoms with van der Waals surface area (Å²) in [6.45, 7) is 15.3. The zero-order chi connectivity index (χ0) is 26.9. The fraction of sp³-hybridized carbons (Fsp3) is 0.880. The lowest BCUT2D eigenvalue weighted by Gasteiger charge is -2.09. The molecule has 0 aromatic heterocycles. The van der Waals surface area contributed by atoms with Gasteiger partial charge in [0.05, 0.1) is 132 Å². The number of ether oxygens (including phenoxy) is 11. The number of carbonyl (C=O) groups excluding carboxylic acids is 1. The first-order valence-corrected chi connectivity index (χ1v) is 12.8. The normalized spacial score (nSPS) is 11.2. The summed E-state index contributed by atoms with van der Waals surface area (Å²) in [5.74, 6) is -0.310.